The summed E-state index contributed by atoms with van der Waals surface area (Å²) in [6.45, 7) is 6.67. The van der Waals surface area contributed by atoms with Crippen LogP contribution in [0.25, 0.3) is 0 Å². The number of nitrogens with one attached hydrogen (secondary N) is 3. The number of carbonyl (C=O) groups is 3. The van der Waals surface area contributed by atoms with E-state index in [2.05, 4.69) is 36.7 Å². The Morgan fingerprint density at radius 2 is 1.49 bits per heavy atom. The van der Waals surface area contributed by atoms with E-state index in [1.807, 2.05) is 54.6 Å². The van der Waals surface area contributed by atoms with Crippen molar-refractivity contribution in [2.75, 3.05) is 17.2 Å². The van der Waals surface area contributed by atoms with Gasteiger partial charge in [-0.15, -0.1) is 0 Å². The maximum atomic E-state index is 12.7. The van der Waals surface area contributed by atoms with Crippen LogP contribution >= 0.6 is 12.2 Å². The predicted octanol–water partition coefficient (Wildman–Crippen LogP) is 6.01. The molecule has 2 amide bonds. The molecule has 0 heterocycles. The SMILES string of the molecule is CC(C)(C)c1ccc(C(=O)Nc2cccc(NC(=S)NC(=O)CCC(=O)OCCCc3ccccc3)c2)cc1. The maximum Gasteiger partial charge on any atom is 0.306 e. The zero-order chi connectivity index (χ0) is 28.3. The number of benzene rings is 3. The first-order valence-corrected chi connectivity index (χ1v) is 13.3. The lowest BCUT2D eigenvalue weighted by Gasteiger charge is -2.19. The Morgan fingerprint density at radius 3 is 2.15 bits per heavy atom. The van der Waals surface area contributed by atoms with Crippen LogP contribution in [0.1, 0.15) is 61.5 Å². The molecule has 39 heavy (non-hydrogen) atoms. The van der Waals surface area contributed by atoms with Gasteiger partial charge in [0, 0.05) is 23.4 Å². The molecule has 3 aromatic rings. The molecule has 3 N–H and O–H groups in total. The summed E-state index contributed by atoms with van der Waals surface area (Å²) in [4.78, 5) is 36.8. The zero-order valence-corrected chi connectivity index (χ0v) is 23.4. The zero-order valence-electron chi connectivity index (χ0n) is 22.6. The van der Waals surface area contributed by atoms with Crippen molar-refractivity contribution >= 4 is 46.5 Å². The molecule has 0 aromatic heterocycles. The van der Waals surface area contributed by atoms with Gasteiger partial charge < -0.3 is 20.7 Å². The summed E-state index contributed by atoms with van der Waals surface area (Å²) in [5.41, 5.74) is 4.07. The van der Waals surface area contributed by atoms with Gasteiger partial charge in [-0.2, -0.15) is 0 Å². The smallest absolute Gasteiger partial charge is 0.306 e. The van der Waals surface area contributed by atoms with Crippen molar-refractivity contribution in [1.29, 1.82) is 0 Å². The van der Waals surface area contributed by atoms with Crippen molar-refractivity contribution in [2.45, 2.75) is 51.9 Å². The Hall–Kier alpha value is -4.04. The molecule has 0 spiro atoms. The second-order valence-electron chi connectivity index (χ2n) is 10.2. The number of aryl methyl sites for hydroxylation is 1. The van der Waals surface area contributed by atoms with Crippen LogP contribution in [0.4, 0.5) is 11.4 Å². The van der Waals surface area contributed by atoms with Gasteiger partial charge in [0.05, 0.1) is 13.0 Å². The fourth-order valence-electron chi connectivity index (χ4n) is 3.75. The van der Waals surface area contributed by atoms with Crippen LogP contribution in [-0.4, -0.2) is 29.5 Å². The van der Waals surface area contributed by atoms with Crippen molar-refractivity contribution in [3.8, 4) is 0 Å². The van der Waals surface area contributed by atoms with Crippen molar-refractivity contribution in [3.63, 3.8) is 0 Å². The number of carbonyl (C=O) groups excluding carboxylic acids is 3. The predicted molar refractivity (Wildman–Crippen MR) is 159 cm³/mol. The molecule has 204 valence electrons. The van der Waals surface area contributed by atoms with E-state index >= 15 is 0 Å². The standard InChI is InChI=1S/C31H35N3O4S/c1-31(2,3)24-16-14-23(15-17-24)29(37)32-25-12-7-13-26(21-25)33-30(39)34-27(35)18-19-28(36)38-20-8-11-22-9-5-4-6-10-22/h4-7,9-10,12-17,21H,8,11,18-20H2,1-3H3,(H,32,37)(H2,33,34,35,39). The quantitative estimate of drug-likeness (QED) is 0.164. The molecule has 8 heteroatoms. The van der Waals surface area contributed by atoms with Gasteiger partial charge in [0.15, 0.2) is 5.11 Å². The molecule has 0 radical (unpaired) electrons. The molecule has 0 fully saturated rings. The monoisotopic (exact) mass is 545 g/mol. The van der Waals surface area contributed by atoms with E-state index in [1.165, 1.54) is 5.56 Å². The van der Waals surface area contributed by atoms with Gasteiger partial charge in [-0.05, 0) is 71.9 Å². The average molecular weight is 546 g/mol. The number of anilines is 2. The van der Waals surface area contributed by atoms with E-state index in [0.717, 1.165) is 18.4 Å². The molecule has 3 aromatic carbocycles. The van der Waals surface area contributed by atoms with E-state index in [0.29, 0.717) is 23.5 Å². The molecule has 0 unspecified atom stereocenters. The summed E-state index contributed by atoms with van der Waals surface area (Å²) >= 11 is 5.23. The summed E-state index contributed by atoms with van der Waals surface area (Å²) in [7, 11) is 0. The van der Waals surface area contributed by atoms with Gasteiger partial charge in [0.25, 0.3) is 5.91 Å². The first-order valence-electron chi connectivity index (χ1n) is 12.9. The van der Waals surface area contributed by atoms with Crippen molar-refractivity contribution in [3.05, 3.63) is 95.6 Å². The lowest BCUT2D eigenvalue weighted by Crippen LogP contribution is -2.34. The first-order chi connectivity index (χ1) is 18.6. The Bertz CT molecular complexity index is 1290. The number of hydrogen-bond acceptors (Lipinski definition) is 5. The maximum absolute atomic E-state index is 12.7. The van der Waals surface area contributed by atoms with Crippen LogP contribution in [0.15, 0.2) is 78.9 Å². The minimum absolute atomic E-state index is 0.00872. The van der Waals surface area contributed by atoms with Crippen molar-refractivity contribution in [2.24, 2.45) is 0 Å². The molecule has 0 aliphatic rings. The van der Waals surface area contributed by atoms with Gasteiger partial charge in [-0.3, -0.25) is 14.4 Å². The Morgan fingerprint density at radius 1 is 0.821 bits per heavy atom. The third-order valence-corrected chi connectivity index (χ3v) is 6.12. The van der Waals surface area contributed by atoms with Gasteiger partial charge in [0.1, 0.15) is 0 Å². The molecule has 0 aliphatic heterocycles. The minimum atomic E-state index is -0.423. The summed E-state index contributed by atoms with van der Waals surface area (Å²) in [5.74, 6) is -1.04. The largest absolute Gasteiger partial charge is 0.466 e. The summed E-state index contributed by atoms with van der Waals surface area (Å²) in [6, 6.07) is 24.5. The fraction of sp³-hybridized carbons (Fsp3) is 0.290. The van der Waals surface area contributed by atoms with Gasteiger partial charge >= 0.3 is 5.97 Å². The van der Waals surface area contributed by atoms with Crippen LogP contribution in [0.3, 0.4) is 0 Å². The normalized spacial score (nSPS) is 10.8. The Balaban J connectivity index is 1.38. The van der Waals surface area contributed by atoms with E-state index in [4.69, 9.17) is 17.0 Å². The molecule has 7 nitrogen and oxygen atoms in total. The molecule has 0 bridgehead atoms. The van der Waals surface area contributed by atoms with Gasteiger partial charge in [-0.25, -0.2) is 0 Å². The number of hydrogen-bond donors (Lipinski definition) is 3. The topological polar surface area (TPSA) is 96.5 Å². The van der Waals surface area contributed by atoms with E-state index in [-0.39, 0.29) is 29.3 Å². The highest BCUT2D eigenvalue weighted by Crippen LogP contribution is 2.23. The van der Waals surface area contributed by atoms with Gasteiger partial charge in [-0.1, -0.05) is 69.3 Å². The van der Waals surface area contributed by atoms with E-state index in [1.54, 1.807) is 24.3 Å². The fourth-order valence-corrected chi connectivity index (χ4v) is 3.98. The number of thiocarbonyl (C=S) groups is 1. The highest BCUT2D eigenvalue weighted by Gasteiger charge is 2.15. The summed E-state index contributed by atoms with van der Waals surface area (Å²) < 4.78 is 5.21. The number of esters is 1. The van der Waals surface area contributed by atoms with E-state index < -0.39 is 11.9 Å². The van der Waals surface area contributed by atoms with Crippen LogP contribution in [-0.2, 0) is 26.2 Å². The lowest BCUT2D eigenvalue weighted by atomic mass is 9.87. The van der Waals surface area contributed by atoms with Crippen LogP contribution in [0, 0.1) is 0 Å². The molecule has 3 rings (SSSR count). The van der Waals surface area contributed by atoms with Crippen molar-refractivity contribution < 1.29 is 19.1 Å². The molecule has 0 saturated heterocycles. The molecule has 0 aliphatic carbocycles. The van der Waals surface area contributed by atoms with Crippen LogP contribution < -0.4 is 16.0 Å². The third-order valence-electron chi connectivity index (χ3n) is 5.92. The Labute approximate surface area is 235 Å². The van der Waals surface area contributed by atoms with Crippen LogP contribution in [0.2, 0.25) is 0 Å². The minimum Gasteiger partial charge on any atom is -0.466 e. The summed E-state index contributed by atoms with van der Waals surface area (Å²) in [5, 5.41) is 8.46. The first kappa shape index (κ1) is 29.5. The molecular formula is C31H35N3O4S. The van der Waals surface area contributed by atoms with Gasteiger partial charge in [0.2, 0.25) is 5.91 Å². The molecular weight excluding hydrogens is 510 g/mol. The number of amides is 2. The molecule has 0 atom stereocenters. The number of rotatable bonds is 10. The Kier molecular flexibility index (Phi) is 10.8. The van der Waals surface area contributed by atoms with E-state index in [9.17, 15) is 14.4 Å². The lowest BCUT2D eigenvalue weighted by molar-refractivity contribution is -0.145. The molecule has 0 saturated carbocycles. The van der Waals surface area contributed by atoms with Crippen LogP contribution in [0.5, 0.6) is 0 Å². The highest BCUT2D eigenvalue weighted by atomic mass is 32.1. The summed E-state index contributed by atoms with van der Waals surface area (Å²) in [6.07, 6.45) is 1.48. The third kappa shape index (κ3) is 10.3. The second-order valence-corrected chi connectivity index (χ2v) is 10.6. The van der Waals surface area contributed by atoms with Crippen molar-refractivity contribution in [1.82, 2.24) is 5.32 Å². The average Bonchev–Trinajstić information content (AvgIpc) is 2.90. The number of ether oxygens (including phenoxy) is 1. The highest BCUT2D eigenvalue weighted by molar-refractivity contribution is 7.80. The second kappa shape index (κ2) is 14.2.